The van der Waals surface area contributed by atoms with Gasteiger partial charge in [-0.1, -0.05) is 5.16 Å². The van der Waals surface area contributed by atoms with Crippen LogP contribution in [0.15, 0.2) is 4.52 Å². The molecule has 2 saturated heterocycles. The second-order valence-corrected chi connectivity index (χ2v) is 6.68. The summed E-state index contributed by atoms with van der Waals surface area (Å²) >= 11 is 0. The Morgan fingerprint density at radius 1 is 1.33 bits per heavy atom. The highest BCUT2D eigenvalue weighted by molar-refractivity contribution is 5.96. The largest absolute Gasteiger partial charge is 0.365 e. The van der Waals surface area contributed by atoms with Crippen molar-refractivity contribution in [3.05, 3.63) is 28.7 Å². The topological polar surface area (TPSA) is 97.1 Å². The number of hydrogen-bond acceptors (Lipinski definition) is 6. The maximum atomic E-state index is 12.8. The number of carbonyl (C=O) groups is 1. The minimum absolute atomic E-state index is 0.0227. The number of carbonyl (C=O) groups excluding carboxylic acids is 1. The number of aryl methyl sites for hydroxylation is 3. The molecule has 2 aromatic heterocycles. The zero-order valence-corrected chi connectivity index (χ0v) is 14.1. The summed E-state index contributed by atoms with van der Waals surface area (Å²) in [4.78, 5) is 19.0. The van der Waals surface area contributed by atoms with E-state index in [-0.39, 0.29) is 18.1 Å². The Kier molecular flexibility index (Phi) is 3.64. The Morgan fingerprint density at radius 3 is 2.83 bits per heavy atom. The fourth-order valence-corrected chi connectivity index (χ4v) is 3.73. The van der Waals surface area contributed by atoms with Gasteiger partial charge in [-0.15, -0.1) is 0 Å². The number of rotatable bonds is 2. The van der Waals surface area contributed by atoms with Crippen LogP contribution in [0.25, 0.3) is 0 Å². The summed E-state index contributed by atoms with van der Waals surface area (Å²) in [6, 6.07) is 0. The molecule has 8 nitrogen and oxygen atoms in total. The van der Waals surface area contributed by atoms with E-state index in [0.29, 0.717) is 35.3 Å². The van der Waals surface area contributed by atoms with Crippen molar-refractivity contribution in [2.24, 2.45) is 5.92 Å². The molecule has 8 heteroatoms. The highest BCUT2D eigenvalue weighted by atomic mass is 16.5. The lowest BCUT2D eigenvalue weighted by Crippen LogP contribution is -2.45. The number of nitrogens with one attached hydrogen (secondary N) is 1. The van der Waals surface area contributed by atoms with Crippen molar-refractivity contribution in [2.45, 2.75) is 45.8 Å². The number of aromatic nitrogens is 4. The number of piperidine rings is 1. The summed E-state index contributed by atoms with van der Waals surface area (Å²) in [5.74, 6) is 2.50. The number of hydrogen-bond donors (Lipinski definition) is 1. The van der Waals surface area contributed by atoms with Crippen LogP contribution in [0.4, 0.5) is 0 Å². The fourth-order valence-electron chi connectivity index (χ4n) is 3.73. The number of ether oxygens (including phenoxy) is 1. The Labute approximate surface area is 139 Å². The van der Waals surface area contributed by atoms with E-state index in [4.69, 9.17) is 9.26 Å². The third-order valence-corrected chi connectivity index (χ3v) is 4.99. The molecule has 2 aromatic rings. The smallest absolute Gasteiger partial charge is 0.259 e. The predicted octanol–water partition coefficient (Wildman–Crippen LogP) is 1.71. The molecule has 2 aliphatic rings. The first-order valence-corrected chi connectivity index (χ1v) is 8.29. The first-order chi connectivity index (χ1) is 11.5. The number of fused-ring (bicyclic) bond motifs is 1. The van der Waals surface area contributed by atoms with Crippen LogP contribution in [-0.2, 0) is 4.74 Å². The molecule has 0 saturated carbocycles. The molecule has 4 rings (SSSR count). The Balaban J connectivity index is 1.47. The second kappa shape index (κ2) is 5.70. The number of amides is 1. The van der Waals surface area contributed by atoms with E-state index in [9.17, 15) is 4.79 Å². The quantitative estimate of drug-likeness (QED) is 0.900. The summed E-state index contributed by atoms with van der Waals surface area (Å²) in [7, 11) is 0. The van der Waals surface area contributed by atoms with Crippen molar-refractivity contribution in [1.82, 2.24) is 25.2 Å². The third-order valence-electron chi connectivity index (χ3n) is 4.99. The summed E-state index contributed by atoms with van der Waals surface area (Å²) < 4.78 is 11.3. The molecule has 2 aliphatic heterocycles. The van der Waals surface area contributed by atoms with Gasteiger partial charge in [-0.25, -0.2) is 4.98 Å². The van der Waals surface area contributed by atoms with Gasteiger partial charge in [0, 0.05) is 13.1 Å². The first-order valence-electron chi connectivity index (χ1n) is 8.29. The summed E-state index contributed by atoms with van der Waals surface area (Å²) in [6.45, 7) is 6.76. The maximum Gasteiger partial charge on any atom is 0.259 e. The molecule has 1 amide bonds. The number of H-pyrrole nitrogens is 1. The van der Waals surface area contributed by atoms with Crippen molar-refractivity contribution >= 4 is 5.91 Å². The predicted molar refractivity (Wildman–Crippen MR) is 83.3 cm³/mol. The van der Waals surface area contributed by atoms with Crippen molar-refractivity contribution in [3.63, 3.8) is 0 Å². The van der Waals surface area contributed by atoms with Crippen molar-refractivity contribution in [2.75, 3.05) is 13.1 Å². The highest BCUT2D eigenvalue weighted by Gasteiger charge is 2.42. The number of likely N-dealkylation sites (tertiary alicyclic amines) is 1. The molecule has 128 valence electrons. The molecular weight excluding hydrogens is 310 g/mol. The van der Waals surface area contributed by atoms with E-state index in [2.05, 4.69) is 20.3 Å². The van der Waals surface area contributed by atoms with Crippen LogP contribution in [0.5, 0.6) is 0 Å². The minimum atomic E-state index is -0.0842. The van der Waals surface area contributed by atoms with Gasteiger partial charge >= 0.3 is 0 Å². The molecule has 4 heterocycles. The zero-order valence-electron chi connectivity index (χ0n) is 14.1. The van der Waals surface area contributed by atoms with E-state index in [1.54, 1.807) is 13.8 Å². The summed E-state index contributed by atoms with van der Waals surface area (Å²) in [5, 5.41) is 11.0. The molecular formula is C16H21N5O3. The Hall–Kier alpha value is -2.22. The lowest BCUT2D eigenvalue weighted by atomic mass is 9.91. The molecule has 0 aromatic carbocycles. The standard InChI is InChI=1S/C16H21N5O3/c1-8-14(9(2)24-20-8)16(22)21-5-4-11-6-12(23-13(11)7-21)15-17-10(3)18-19-15/h11-13H,4-7H2,1-3H3,(H,17,18,19)/t11-,12+,13+/m1/s1. The molecule has 24 heavy (non-hydrogen) atoms. The highest BCUT2D eigenvalue weighted by Crippen LogP contribution is 2.40. The van der Waals surface area contributed by atoms with Gasteiger partial charge in [0.2, 0.25) is 0 Å². The van der Waals surface area contributed by atoms with Crippen LogP contribution < -0.4 is 0 Å². The SMILES string of the molecule is Cc1nc([C@@H]2C[C@H]3CCN(C(=O)c4c(C)noc4C)C[C@@H]3O2)n[nH]1. The van der Waals surface area contributed by atoms with Crippen molar-refractivity contribution in [1.29, 1.82) is 0 Å². The molecule has 1 N–H and O–H groups in total. The minimum Gasteiger partial charge on any atom is -0.365 e. The van der Waals surface area contributed by atoms with Crippen molar-refractivity contribution < 1.29 is 14.1 Å². The van der Waals surface area contributed by atoms with Gasteiger partial charge < -0.3 is 14.2 Å². The number of aromatic amines is 1. The maximum absolute atomic E-state index is 12.8. The zero-order chi connectivity index (χ0) is 16.8. The van der Waals surface area contributed by atoms with Crippen molar-refractivity contribution in [3.8, 4) is 0 Å². The van der Waals surface area contributed by atoms with Crippen LogP contribution in [0, 0.1) is 26.7 Å². The molecule has 0 unspecified atom stereocenters. The van der Waals surface area contributed by atoms with E-state index in [1.165, 1.54) is 0 Å². The van der Waals surface area contributed by atoms with Gasteiger partial charge in [0.15, 0.2) is 5.82 Å². The summed E-state index contributed by atoms with van der Waals surface area (Å²) in [5.41, 5.74) is 1.22. The molecule has 0 spiro atoms. The van der Waals surface area contributed by atoms with Gasteiger partial charge in [-0.3, -0.25) is 9.89 Å². The van der Waals surface area contributed by atoms with Crippen LogP contribution >= 0.6 is 0 Å². The monoisotopic (exact) mass is 331 g/mol. The lowest BCUT2D eigenvalue weighted by Gasteiger charge is -2.34. The number of nitrogens with zero attached hydrogens (tertiary/aromatic N) is 4. The van der Waals surface area contributed by atoms with Gasteiger partial charge in [-0.05, 0) is 39.5 Å². The molecule has 0 radical (unpaired) electrons. The molecule has 2 fully saturated rings. The normalized spacial score (nSPS) is 26.6. The van der Waals surface area contributed by atoms with E-state index >= 15 is 0 Å². The summed E-state index contributed by atoms with van der Waals surface area (Å²) in [6.07, 6.45) is 1.79. The van der Waals surface area contributed by atoms with E-state index in [1.807, 2.05) is 11.8 Å². The van der Waals surface area contributed by atoms with Crippen LogP contribution in [0.3, 0.4) is 0 Å². The lowest BCUT2D eigenvalue weighted by molar-refractivity contribution is -0.00689. The van der Waals surface area contributed by atoms with E-state index < -0.39 is 0 Å². The third kappa shape index (κ3) is 2.50. The molecule has 3 atom stereocenters. The fraction of sp³-hybridized carbons (Fsp3) is 0.625. The molecule has 0 aliphatic carbocycles. The van der Waals surface area contributed by atoms with Crippen LogP contribution in [-0.4, -0.2) is 50.3 Å². The second-order valence-electron chi connectivity index (χ2n) is 6.68. The van der Waals surface area contributed by atoms with E-state index in [0.717, 1.165) is 25.2 Å². The Morgan fingerprint density at radius 2 is 2.17 bits per heavy atom. The van der Waals surface area contributed by atoms with Gasteiger partial charge in [0.1, 0.15) is 23.3 Å². The van der Waals surface area contributed by atoms with Gasteiger partial charge in [-0.2, -0.15) is 5.10 Å². The Bertz CT molecular complexity index is 748. The first kappa shape index (κ1) is 15.3. The average molecular weight is 331 g/mol. The average Bonchev–Trinajstić information content (AvgIpc) is 3.25. The van der Waals surface area contributed by atoms with Crippen LogP contribution in [0.2, 0.25) is 0 Å². The van der Waals surface area contributed by atoms with Crippen LogP contribution in [0.1, 0.15) is 52.4 Å². The molecule has 0 bridgehead atoms. The van der Waals surface area contributed by atoms with Gasteiger partial charge in [0.05, 0.1) is 11.8 Å². The van der Waals surface area contributed by atoms with Gasteiger partial charge in [0.25, 0.3) is 5.91 Å².